The van der Waals surface area contributed by atoms with Crippen molar-refractivity contribution >= 4 is 17.5 Å². The van der Waals surface area contributed by atoms with Crippen LogP contribution in [0.4, 0.5) is 4.39 Å². The molecule has 0 fully saturated rings. The number of nitrogens with zero attached hydrogens (tertiary/aromatic N) is 2. The molecule has 0 radical (unpaired) electrons. The molecule has 1 N–H and O–H groups in total. The summed E-state index contributed by atoms with van der Waals surface area (Å²) >= 11 is 1.04. The number of carbonyl (C=O) groups is 1. The van der Waals surface area contributed by atoms with Gasteiger partial charge in [0.15, 0.2) is 5.78 Å². The van der Waals surface area contributed by atoms with Gasteiger partial charge in [-0.2, -0.15) is 0 Å². The van der Waals surface area contributed by atoms with E-state index in [4.69, 9.17) is 0 Å². The van der Waals surface area contributed by atoms with Crippen molar-refractivity contribution in [3.63, 3.8) is 0 Å². The number of carbonyl (C=O) groups excluding carboxylic acids is 1. The smallest absolute Gasteiger partial charge is 0.213 e. The first kappa shape index (κ1) is 11.8. The van der Waals surface area contributed by atoms with Crippen LogP contribution in [0.1, 0.15) is 23.1 Å². The molecule has 17 heavy (non-hydrogen) atoms. The molecule has 6 heteroatoms. The summed E-state index contributed by atoms with van der Waals surface area (Å²) in [6, 6.07) is 4.42. The largest absolute Gasteiger partial charge is 0.294 e. The highest BCUT2D eigenvalue weighted by molar-refractivity contribution is 7.99. The highest BCUT2D eigenvalue weighted by atomic mass is 32.2. The molecule has 1 heterocycles. The molecule has 0 aliphatic carbocycles. The second kappa shape index (κ2) is 4.67. The first-order valence-electron chi connectivity index (χ1n) is 4.94. The van der Waals surface area contributed by atoms with Crippen molar-refractivity contribution in [2.45, 2.75) is 23.9 Å². The first-order chi connectivity index (χ1) is 8.08. The van der Waals surface area contributed by atoms with Gasteiger partial charge in [0.1, 0.15) is 11.6 Å². The Morgan fingerprint density at radius 2 is 2.24 bits per heavy atom. The summed E-state index contributed by atoms with van der Waals surface area (Å²) in [6.07, 6.45) is 0. The number of aryl methyl sites for hydroxylation is 1. The third kappa shape index (κ3) is 2.52. The van der Waals surface area contributed by atoms with E-state index in [2.05, 4.69) is 15.2 Å². The predicted molar refractivity (Wildman–Crippen MR) is 61.6 cm³/mol. The normalized spacial score (nSPS) is 10.5. The standard InChI is InChI=1S/C11H10FN3OS/c1-6(16)8-4-3-5-9(12)10(8)17-11-13-7(2)14-15-11/h3-5H,1-2H3,(H,13,14,15). The van der Waals surface area contributed by atoms with Crippen molar-refractivity contribution in [3.05, 3.63) is 35.4 Å². The second-order valence-corrected chi connectivity index (χ2v) is 4.46. The zero-order valence-corrected chi connectivity index (χ0v) is 10.1. The van der Waals surface area contributed by atoms with Crippen molar-refractivity contribution in [3.8, 4) is 0 Å². The predicted octanol–water partition coefficient (Wildman–Crippen LogP) is 2.61. The van der Waals surface area contributed by atoms with Gasteiger partial charge in [-0.1, -0.05) is 12.1 Å². The zero-order valence-electron chi connectivity index (χ0n) is 9.32. The van der Waals surface area contributed by atoms with Gasteiger partial charge in [0.25, 0.3) is 0 Å². The van der Waals surface area contributed by atoms with Crippen molar-refractivity contribution in [2.24, 2.45) is 0 Å². The van der Waals surface area contributed by atoms with E-state index < -0.39 is 5.82 Å². The number of H-pyrrole nitrogens is 1. The molecule has 0 spiro atoms. The number of ketones is 1. The summed E-state index contributed by atoms with van der Waals surface area (Å²) in [5.41, 5.74) is 0.345. The van der Waals surface area contributed by atoms with Crippen molar-refractivity contribution in [2.75, 3.05) is 0 Å². The fourth-order valence-electron chi connectivity index (χ4n) is 1.35. The van der Waals surface area contributed by atoms with Crippen LogP contribution >= 0.6 is 11.8 Å². The van der Waals surface area contributed by atoms with Gasteiger partial charge in [-0.05, 0) is 31.7 Å². The van der Waals surface area contributed by atoms with Crippen LogP contribution in [-0.2, 0) is 0 Å². The lowest BCUT2D eigenvalue weighted by atomic mass is 10.1. The van der Waals surface area contributed by atoms with E-state index in [-0.39, 0.29) is 10.7 Å². The van der Waals surface area contributed by atoms with Crippen molar-refractivity contribution < 1.29 is 9.18 Å². The van der Waals surface area contributed by atoms with Gasteiger partial charge in [0, 0.05) is 5.56 Å². The third-order valence-corrected chi connectivity index (χ3v) is 3.10. The minimum absolute atomic E-state index is 0.181. The molecule has 0 aliphatic heterocycles. The average molecular weight is 251 g/mol. The van der Waals surface area contributed by atoms with Crippen LogP contribution < -0.4 is 0 Å². The molecule has 0 amide bonds. The summed E-state index contributed by atoms with van der Waals surface area (Å²) < 4.78 is 13.7. The molecular formula is C11H10FN3OS. The number of aromatic amines is 1. The Kier molecular flexibility index (Phi) is 3.23. The van der Waals surface area contributed by atoms with Gasteiger partial charge < -0.3 is 0 Å². The molecule has 1 aromatic heterocycles. The number of hydrogen-bond acceptors (Lipinski definition) is 4. The molecule has 0 saturated heterocycles. The van der Waals surface area contributed by atoms with Crippen LogP contribution in [0.3, 0.4) is 0 Å². The fourth-order valence-corrected chi connectivity index (χ4v) is 2.29. The molecule has 0 unspecified atom stereocenters. The summed E-state index contributed by atoms with van der Waals surface area (Å²) in [4.78, 5) is 15.7. The quantitative estimate of drug-likeness (QED) is 0.852. The Morgan fingerprint density at radius 3 is 2.82 bits per heavy atom. The van der Waals surface area contributed by atoms with E-state index in [1.807, 2.05) is 0 Å². The molecule has 0 atom stereocenters. The first-order valence-corrected chi connectivity index (χ1v) is 5.76. The van der Waals surface area contributed by atoms with Crippen LogP contribution in [0.2, 0.25) is 0 Å². The molecule has 1 aromatic carbocycles. The molecule has 0 saturated carbocycles. The maximum absolute atomic E-state index is 13.7. The Bertz CT molecular complexity index is 568. The Hall–Kier alpha value is -1.69. The van der Waals surface area contributed by atoms with Crippen LogP contribution in [-0.4, -0.2) is 21.0 Å². The number of hydrogen-bond donors (Lipinski definition) is 1. The monoisotopic (exact) mass is 251 g/mol. The maximum atomic E-state index is 13.7. The highest BCUT2D eigenvalue weighted by Crippen LogP contribution is 2.30. The Labute approximate surface area is 102 Å². The molecule has 0 aliphatic rings. The zero-order chi connectivity index (χ0) is 12.4. The fraction of sp³-hybridized carbons (Fsp3) is 0.182. The molecule has 4 nitrogen and oxygen atoms in total. The van der Waals surface area contributed by atoms with E-state index in [0.29, 0.717) is 16.5 Å². The van der Waals surface area contributed by atoms with Gasteiger partial charge in [-0.15, -0.1) is 5.10 Å². The average Bonchev–Trinajstić information content (AvgIpc) is 2.67. The van der Waals surface area contributed by atoms with E-state index in [1.54, 1.807) is 13.0 Å². The number of halogens is 1. The summed E-state index contributed by atoms with van der Waals surface area (Å²) in [6.45, 7) is 3.16. The molecule has 0 bridgehead atoms. The lowest BCUT2D eigenvalue weighted by Gasteiger charge is -2.04. The summed E-state index contributed by atoms with van der Waals surface area (Å²) in [7, 11) is 0. The maximum Gasteiger partial charge on any atom is 0.213 e. The van der Waals surface area contributed by atoms with E-state index >= 15 is 0 Å². The summed E-state index contributed by atoms with van der Waals surface area (Å²) in [5, 5.41) is 6.97. The highest BCUT2D eigenvalue weighted by Gasteiger charge is 2.15. The van der Waals surface area contributed by atoms with Crippen LogP contribution in [0.15, 0.2) is 28.3 Å². The number of benzene rings is 1. The topological polar surface area (TPSA) is 58.6 Å². The molecule has 88 valence electrons. The van der Waals surface area contributed by atoms with Gasteiger partial charge in [0.05, 0.1) is 4.90 Å². The third-order valence-electron chi connectivity index (χ3n) is 2.12. The van der Waals surface area contributed by atoms with Crippen molar-refractivity contribution in [1.82, 2.24) is 15.2 Å². The van der Waals surface area contributed by atoms with Gasteiger partial charge in [0.2, 0.25) is 5.16 Å². The van der Waals surface area contributed by atoms with Gasteiger partial charge in [-0.3, -0.25) is 9.89 Å². The Morgan fingerprint density at radius 1 is 1.47 bits per heavy atom. The minimum atomic E-state index is -0.440. The molecule has 2 aromatic rings. The van der Waals surface area contributed by atoms with Crippen molar-refractivity contribution in [1.29, 1.82) is 0 Å². The van der Waals surface area contributed by atoms with E-state index in [1.165, 1.54) is 19.1 Å². The number of aromatic nitrogens is 3. The lowest BCUT2D eigenvalue weighted by molar-refractivity contribution is 0.101. The minimum Gasteiger partial charge on any atom is -0.294 e. The lowest BCUT2D eigenvalue weighted by Crippen LogP contribution is -1.97. The number of nitrogens with one attached hydrogen (secondary N) is 1. The number of rotatable bonds is 3. The molecule has 2 rings (SSSR count). The van der Waals surface area contributed by atoms with Crippen LogP contribution in [0.5, 0.6) is 0 Å². The Balaban J connectivity index is 2.40. The SMILES string of the molecule is CC(=O)c1cccc(F)c1Sc1n[nH]c(C)n1. The van der Waals surface area contributed by atoms with Gasteiger partial charge >= 0.3 is 0 Å². The van der Waals surface area contributed by atoms with E-state index in [9.17, 15) is 9.18 Å². The van der Waals surface area contributed by atoms with Crippen LogP contribution in [0.25, 0.3) is 0 Å². The summed E-state index contributed by atoms with van der Waals surface area (Å²) in [5.74, 6) is 0.0256. The number of Topliss-reactive ketones (excluding diaryl/α,β-unsaturated/α-hetero) is 1. The van der Waals surface area contributed by atoms with Crippen LogP contribution in [0, 0.1) is 12.7 Å². The molecular weight excluding hydrogens is 241 g/mol. The van der Waals surface area contributed by atoms with E-state index in [0.717, 1.165) is 11.8 Å². The van der Waals surface area contributed by atoms with Gasteiger partial charge in [-0.25, -0.2) is 9.37 Å². The second-order valence-electron chi connectivity index (χ2n) is 3.48.